The molecule has 1 saturated carbocycles. The summed E-state index contributed by atoms with van der Waals surface area (Å²) in [5.74, 6) is 0.502. The zero-order valence-electron chi connectivity index (χ0n) is 11.6. The van der Waals surface area contributed by atoms with Gasteiger partial charge in [0.05, 0.1) is 5.71 Å². The molecule has 0 unspecified atom stereocenters. The molecule has 1 aliphatic rings. The summed E-state index contributed by atoms with van der Waals surface area (Å²) in [6, 6.07) is 7.45. The maximum absolute atomic E-state index is 11.7. The molecule has 0 heterocycles. The highest BCUT2D eigenvalue weighted by molar-refractivity contribution is 5.98. The molecule has 5 heteroatoms. The molecular weight excluding hydrogens is 256 g/mol. The molecule has 1 aromatic rings. The lowest BCUT2D eigenvalue weighted by molar-refractivity contribution is -0.123. The second-order valence-electron chi connectivity index (χ2n) is 5.05. The van der Waals surface area contributed by atoms with Crippen molar-refractivity contribution in [2.75, 3.05) is 6.61 Å². The van der Waals surface area contributed by atoms with E-state index in [0.29, 0.717) is 17.5 Å². The number of oxime groups is 1. The van der Waals surface area contributed by atoms with Crippen LogP contribution in [-0.4, -0.2) is 29.5 Å². The molecule has 2 N–H and O–H groups in total. The minimum atomic E-state index is -0.0881. The Kier molecular flexibility index (Phi) is 4.98. The first-order valence-electron chi connectivity index (χ1n) is 6.90. The summed E-state index contributed by atoms with van der Waals surface area (Å²) in [5, 5.41) is 14.9. The van der Waals surface area contributed by atoms with Crippen molar-refractivity contribution in [2.45, 2.75) is 38.6 Å². The van der Waals surface area contributed by atoms with E-state index in [0.717, 1.165) is 18.4 Å². The standard InChI is InChI=1S/C15H20N2O3/c1-11(17-19)12-5-4-8-14(9-12)20-10-15(18)16-13-6-2-3-7-13/h4-5,8-9,13,19H,2-3,6-7,10H2,1H3,(H,16,18)/b17-11+. The van der Waals surface area contributed by atoms with Gasteiger partial charge in [0.25, 0.3) is 5.91 Å². The van der Waals surface area contributed by atoms with Gasteiger partial charge in [-0.15, -0.1) is 0 Å². The highest BCUT2D eigenvalue weighted by Crippen LogP contribution is 2.18. The SMILES string of the molecule is C/C(=N\O)c1cccc(OCC(=O)NC2CCCC2)c1. The van der Waals surface area contributed by atoms with Crippen molar-refractivity contribution in [1.82, 2.24) is 5.32 Å². The van der Waals surface area contributed by atoms with Crippen LogP contribution in [0.5, 0.6) is 5.75 Å². The number of benzene rings is 1. The maximum Gasteiger partial charge on any atom is 0.258 e. The van der Waals surface area contributed by atoms with Gasteiger partial charge in [0.15, 0.2) is 6.61 Å². The first-order valence-corrected chi connectivity index (χ1v) is 6.90. The van der Waals surface area contributed by atoms with Gasteiger partial charge in [0.2, 0.25) is 0 Å². The van der Waals surface area contributed by atoms with Gasteiger partial charge in [-0.05, 0) is 31.9 Å². The Bertz CT molecular complexity index is 494. The molecular formula is C15H20N2O3. The summed E-state index contributed by atoms with van der Waals surface area (Å²) in [6.07, 6.45) is 4.50. The minimum absolute atomic E-state index is 0.00920. The van der Waals surface area contributed by atoms with E-state index in [2.05, 4.69) is 10.5 Å². The number of hydrogen-bond acceptors (Lipinski definition) is 4. The fourth-order valence-corrected chi connectivity index (χ4v) is 2.36. The van der Waals surface area contributed by atoms with Crippen LogP contribution in [0, 0.1) is 0 Å². The number of carbonyl (C=O) groups excluding carboxylic acids is 1. The lowest BCUT2D eigenvalue weighted by atomic mass is 10.1. The first kappa shape index (κ1) is 14.4. The largest absolute Gasteiger partial charge is 0.484 e. The van der Waals surface area contributed by atoms with Crippen LogP contribution >= 0.6 is 0 Å². The third kappa shape index (κ3) is 3.98. The van der Waals surface area contributed by atoms with Gasteiger partial charge in [-0.25, -0.2) is 0 Å². The molecule has 1 aromatic carbocycles. The lowest BCUT2D eigenvalue weighted by Gasteiger charge is -2.12. The quantitative estimate of drug-likeness (QED) is 0.492. The highest BCUT2D eigenvalue weighted by Gasteiger charge is 2.17. The summed E-state index contributed by atoms with van der Waals surface area (Å²) in [4.78, 5) is 11.7. The Hall–Kier alpha value is -2.04. The van der Waals surface area contributed by atoms with Crippen LogP contribution in [0.25, 0.3) is 0 Å². The fourth-order valence-electron chi connectivity index (χ4n) is 2.36. The Morgan fingerprint density at radius 3 is 2.90 bits per heavy atom. The number of amides is 1. The summed E-state index contributed by atoms with van der Waals surface area (Å²) in [5.41, 5.74) is 1.27. The van der Waals surface area contributed by atoms with E-state index in [4.69, 9.17) is 9.94 Å². The molecule has 5 nitrogen and oxygen atoms in total. The second kappa shape index (κ2) is 6.93. The Balaban J connectivity index is 1.85. The van der Waals surface area contributed by atoms with Crippen LogP contribution in [0.2, 0.25) is 0 Å². The molecule has 0 aromatic heterocycles. The maximum atomic E-state index is 11.7. The van der Waals surface area contributed by atoms with E-state index in [1.54, 1.807) is 25.1 Å². The fraction of sp³-hybridized carbons (Fsp3) is 0.467. The topological polar surface area (TPSA) is 70.9 Å². The van der Waals surface area contributed by atoms with Crippen molar-refractivity contribution in [1.29, 1.82) is 0 Å². The van der Waals surface area contributed by atoms with Gasteiger partial charge in [0.1, 0.15) is 5.75 Å². The van der Waals surface area contributed by atoms with Gasteiger partial charge in [-0.1, -0.05) is 30.1 Å². The van der Waals surface area contributed by atoms with Crippen molar-refractivity contribution in [2.24, 2.45) is 5.16 Å². The lowest BCUT2D eigenvalue weighted by Crippen LogP contribution is -2.36. The van der Waals surface area contributed by atoms with Crippen LogP contribution < -0.4 is 10.1 Å². The van der Waals surface area contributed by atoms with E-state index in [-0.39, 0.29) is 12.5 Å². The molecule has 1 fully saturated rings. The van der Waals surface area contributed by atoms with Crippen LogP contribution in [0.1, 0.15) is 38.2 Å². The number of nitrogens with one attached hydrogen (secondary N) is 1. The van der Waals surface area contributed by atoms with Crippen molar-refractivity contribution < 1.29 is 14.7 Å². The van der Waals surface area contributed by atoms with Gasteiger partial charge in [0, 0.05) is 11.6 Å². The number of rotatable bonds is 5. The molecule has 0 radical (unpaired) electrons. The average Bonchev–Trinajstić information content (AvgIpc) is 2.97. The Morgan fingerprint density at radius 2 is 2.20 bits per heavy atom. The van der Waals surface area contributed by atoms with E-state index >= 15 is 0 Å². The smallest absolute Gasteiger partial charge is 0.258 e. The second-order valence-corrected chi connectivity index (χ2v) is 5.05. The monoisotopic (exact) mass is 276 g/mol. The predicted molar refractivity (Wildman–Crippen MR) is 76.3 cm³/mol. The van der Waals surface area contributed by atoms with Crippen molar-refractivity contribution >= 4 is 11.6 Å². The molecule has 0 aliphatic heterocycles. The number of carbonyl (C=O) groups is 1. The average molecular weight is 276 g/mol. The summed E-state index contributed by atoms with van der Waals surface area (Å²) in [6.45, 7) is 1.71. The molecule has 0 bridgehead atoms. The van der Waals surface area contributed by atoms with Crippen LogP contribution in [0.15, 0.2) is 29.4 Å². The molecule has 20 heavy (non-hydrogen) atoms. The molecule has 0 spiro atoms. The molecule has 0 saturated heterocycles. The van der Waals surface area contributed by atoms with Crippen LogP contribution in [0.4, 0.5) is 0 Å². The van der Waals surface area contributed by atoms with Gasteiger partial charge in [-0.3, -0.25) is 4.79 Å². The number of hydrogen-bond donors (Lipinski definition) is 2. The summed E-state index contributed by atoms with van der Waals surface area (Å²) in [7, 11) is 0. The van der Waals surface area contributed by atoms with Gasteiger partial charge in [-0.2, -0.15) is 0 Å². The molecule has 1 amide bonds. The Labute approximate surface area is 118 Å². The zero-order valence-corrected chi connectivity index (χ0v) is 11.6. The van der Waals surface area contributed by atoms with Crippen molar-refractivity contribution in [3.05, 3.63) is 29.8 Å². The van der Waals surface area contributed by atoms with Gasteiger partial charge < -0.3 is 15.3 Å². The third-order valence-corrected chi connectivity index (χ3v) is 3.49. The van der Waals surface area contributed by atoms with Crippen molar-refractivity contribution in [3.8, 4) is 5.75 Å². The molecule has 0 atom stereocenters. The van der Waals surface area contributed by atoms with E-state index < -0.39 is 0 Å². The number of nitrogens with zero attached hydrogens (tertiary/aromatic N) is 1. The number of ether oxygens (including phenoxy) is 1. The predicted octanol–water partition coefficient (Wildman–Crippen LogP) is 2.32. The molecule has 108 valence electrons. The Morgan fingerprint density at radius 1 is 1.45 bits per heavy atom. The first-order chi connectivity index (χ1) is 9.69. The zero-order chi connectivity index (χ0) is 14.4. The summed E-state index contributed by atoms with van der Waals surface area (Å²) < 4.78 is 5.46. The highest BCUT2D eigenvalue weighted by atomic mass is 16.5. The van der Waals surface area contributed by atoms with E-state index in [1.807, 2.05) is 6.07 Å². The van der Waals surface area contributed by atoms with Crippen LogP contribution in [0.3, 0.4) is 0 Å². The minimum Gasteiger partial charge on any atom is -0.484 e. The summed E-state index contributed by atoms with van der Waals surface area (Å²) >= 11 is 0. The van der Waals surface area contributed by atoms with E-state index in [9.17, 15) is 4.79 Å². The molecule has 2 rings (SSSR count). The van der Waals surface area contributed by atoms with E-state index in [1.165, 1.54) is 12.8 Å². The molecule has 1 aliphatic carbocycles. The third-order valence-electron chi connectivity index (χ3n) is 3.49. The normalized spacial score (nSPS) is 16.1. The van der Waals surface area contributed by atoms with Crippen molar-refractivity contribution in [3.63, 3.8) is 0 Å². The van der Waals surface area contributed by atoms with Gasteiger partial charge >= 0.3 is 0 Å². The van der Waals surface area contributed by atoms with Crippen LogP contribution in [-0.2, 0) is 4.79 Å².